The van der Waals surface area contributed by atoms with Gasteiger partial charge < -0.3 is 0 Å². The molecular weight excluding hydrogens is 235 g/mol. The van der Waals surface area contributed by atoms with Gasteiger partial charge in [0.1, 0.15) is 12.4 Å². The number of carbonyl (C=O) groups is 1. The molecule has 1 aliphatic rings. The van der Waals surface area contributed by atoms with Crippen LogP contribution in [0.4, 0.5) is 13.2 Å². The Morgan fingerprint density at radius 3 is 2.24 bits per heavy atom. The van der Waals surface area contributed by atoms with Crippen LogP contribution in [0.5, 0.6) is 0 Å². The topological polar surface area (TPSA) is 53.5 Å². The Morgan fingerprint density at radius 2 is 1.76 bits per heavy atom. The molecule has 1 heterocycles. The number of carbonyl (C=O) groups excluding carboxylic acids is 1. The molecule has 2 rings (SSSR count). The molecule has 1 amide bonds. The molecule has 1 aromatic rings. The predicted octanol–water partition coefficient (Wildman–Crippen LogP) is 1.09. The van der Waals surface area contributed by atoms with Crippen LogP contribution in [0.1, 0.15) is 11.1 Å². The van der Waals surface area contributed by atoms with Crippen molar-refractivity contribution in [3.8, 4) is 0 Å². The number of halogens is 3. The summed E-state index contributed by atoms with van der Waals surface area (Å²) in [6, 6.07) is 4.53. The maximum atomic E-state index is 12.3. The maximum absolute atomic E-state index is 12.3. The monoisotopic (exact) mass is 243 g/mol. The van der Waals surface area contributed by atoms with Crippen LogP contribution in [0.15, 0.2) is 29.3 Å². The van der Waals surface area contributed by atoms with Crippen molar-refractivity contribution in [3.63, 3.8) is 0 Å². The van der Waals surface area contributed by atoms with Crippen LogP contribution in [-0.4, -0.2) is 18.3 Å². The van der Waals surface area contributed by atoms with Crippen molar-refractivity contribution in [2.45, 2.75) is 6.18 Å². The second-order valence-electron chi connectivity index (χ2n) is 3.41. The van der Waals surface area contributed by atoms with Gasteiger partial charge in [-0.25, -0.2) is 0 Å². The Labute approximate surface area is 94.5 Å². The number of benzene rings is 1. The van der Waals surface area contributed by atoms with Gasteiger partial charge in [-0.2, -0.15) is 13.2 Å². The van der Waals surface area contributed by atoms with E-state index in [0.29, 0.717) is 11.4 Å². The van der Waals surface area contributed by atoms with Gasteiger partial charge in [-0.05, 0) is 12.1 Å². The molecule has 0 aliphatic carbocycles. The van der Waals surface area contributed by atoms with E-state index in [0.717, 1.165) is 12.1 Å². The Morgan fingerprint density at radius 1 is 1.12 bits per heavy atom. The normalized spacial score (nSPS) is 15.9. The summed E-state index contributed by atoms with van der Waals surface area (Å²) in [5.74, 6) is 0.0546. The highest BCUT2D eigenvalue weighted by atomic mass is 19.4. The summed E-state index contributed by atoms with van der Waals surface area (Å²) in [7, 11) is 0. The highest BCUT2D eigenvalue weighted by molar-refractivity contribution is 6.02. The van der Waals surface area contributed by atoms with Crippen molar-refractivity contribution in [1.82, 2.24) is 10.9 Å². The molecule has 0 radical (unpaired) electrons. The molecule has 0 saturated heterocycles. The van der Waals surface area contributed by atoms with Gasteiger partial charge >= 0.3 is 6.18 Å². The van der Waals surface area contributed by atoms with Crippen LogP contribution >= 0.6 is 0 Å². The lowest BCUT2D eigenvalue weighted by Gasteiger charge is -2.16. The summed E-state index contributed by atoms with van der Waals surface area (Å²) >= 11 is 0. The van der Waals surface area contributed by atoms with Crippen molar-refractivity contribution < 1.29 is 18.0 Å². The Kier molecular flexibility index (Phi) is 2.74. The van der Waals surface area contributed by atoms with Crippen LogP contribution in [0.25, 0.3) is 0 Å². The van der Waals surface area contributed by atoms with Crippen LogP contribution in [-0.2, 0) is 11.0 Å². The van der Waals surface area contributed by atoms with E-state index in [1.807, 2.05) is 0 Å². The minimum Gasteiger partial charge on any atom is -0.282 e. The van der Waals surface area contributed by atoms with E-state index < -0.39 is 11.7 Å². The number of hydrogen-bond acceptors (Lipinski definition) is 3. The molecule has 0 atom stereocenters. The molecule has 17 heavy (non-hydrogen) atoms. The van der Waals surface area contributed by atoms with Gasteiger partial charge in [0.2, 0.25) is 0 Å². The quantitative estimate of drug-likeness (QED) is 0.775. The van der Waals surface area contributed by atoms with Gasteiger partial charge in [-0.1, -0.05) is 12.1 Å². The third kappa shape index (κ3) is 2.55. The molecular formula is C10H8F3N3O. The second-order valence-corrected chi connectivity index (χ2v) is 3.41. The summed E-state index contributed by atoms with van der Waals surface area (Å²) in [6.45, 7) is -0.0383. The van der Waals surface area contributed by atoms with Gasteiger partial charge in [-0.3, -0.25) is 20.6 Å². The fraction of sp³-hybridized carbons (Fsp3) is 0.200. The lowest BCUT2D eigenvalue weighted by Crippen LogP contribution is -2.47. The number of hydrazine groups is 1. The summed E-state index contributed by atoms with van der Waals surface area (Å²) in [5.41, 5.74) is 4.61. The number of nitrogens with zero attached hydrogens (tertiary/aromatic N) is 1. The number of aliphatic imine (C=N–C) groups is 1. The van der Waals surface area contributed by atoms with Gasteiger partial charge in [0.15, 0.2) is 0 Å². The first-order valence-electron chi connectivity index (χ1n) is 4.74. The fourth-order valence-electron chi connectivity index (χ4n) is 1.34. The Hall–Kier alpha value is -2.05. The number of rotatable bonds is 1. The van der Waals surface area contributed by atoms with Crippen molar-refractivity contribution >= 4 is 11.7 Å². The lowest BCUT2D eigenvalue weighted by molar-refractivity contribution is -0.137. The predicted molar refractivity (Wildman–Crippen MR) is 54.1 cm³/mol. The SMILES string of the molecule is O=C1CN=C(c2ccc(C(F)(F)F)cc2)NN1. The van der Waals surface area contributed by atoms with Gasteiger partial charge in [-0.15, -0.1) is 0 Å². The molecule has 0 aromatic heterocycles. The van der Waals surface area contributed by atoms with Gasteiger partial charge in [0, 0.05) is 5.56 Å². The third-order valence-corrected chi connectivity index (χ3v) is 2.19. The number of hydrogen-bond donors (Lipinski definition) is 2. The molecule has 2 N–H and O–H groups in total. The largest absolute Gasteiger partial charge is 0.416 e. The molecule has 0 bridgehead atoms. The van der Waals surface area contributed by atoms with Crippen molar-refractivity contribution in [2.24, 2.45) is 4.99 Å². The van der Waals surface area contributed by atoms with E-state index in [9.17, 15) is 18.0 Å². The number of amides is 1. The average Bonchev–Trinajstić information content (AvgIpc) is 2.29. The first kappa shape index (κ1) is 11.4. The number of amidine groups is 1. The van der Waals surface area contributed by atoms with Crippen LogP contribution in [0.2, 0.25) is 0 Å². The molecule has 0 fully saturated rings. The molecule has 1 aliphatic heterocycles. The highest BCUT2D eigenvalue weighted by Crippen LogP contribution is 2.29. The van der Waals surface area contributed by atoms with Crippen molar-refractivity contribution in [3.05, 3.63) is 35.4 Å². The zero-order valence-electron chi connectivity index (χ0n) is 8.51. The summed E-state index contributed by atoms with van der Waals surface area (Å²) in [5, 5.41) is 0. The Bertz CT molecular complexity index is 465. The first-order chi connectivity index (χ1) is 7.97. The van der Waals surface area contributed by atoms with Crippen LogP contribution in [0.3, 0.4) is 0 Å². The summed E-state index contributed by atoms with van der Waals surface area (Å²) in [6.07, 6.45) is -4.35. The fourth-order valence-corrected chi connectivity index (χ4v) is 1.34. The molecule has 4 nitrogen and oxygen atoms in total. The van der Waals surface area contributed by atoms with Crippen molar-refractivity contribution in [1.29, 1.82) is 0 Å². The molecule has 1 aromatic carbocycles. The lowest BCUT2D eigenvalue weighted by atomic mass is 10.1. The number of alkyl halides is 3. The molecule has 90 valence electrons. The zero-order chi connectivity index (χ0) is 12.5. The highest BCUT2D eigenvalue weighted by Gasteiger charge is 2.30. The van der Waals surface area contributed by atoms with Crippen LogP contribution < -0.4 is 10.9 Å². The summed E-state index contributed by atoms with van der Waals surface area (Å²) < 4.78 is 36.9. The van der Waals surface area contributed by atoms with Crippen molar-refractivity contribution in [2.75, 3.05) is 6.54 Å². The van der Waals surface area contributed by atoms with E-state index in [1.165, 1.54) is 12.1 Å². The summed E-state index contributed by atoms with van der Waals surface area (Å²) in [4.78, 5) is 14.7. The Balaban J connectivity index is 2.21. The second kappa shape index (κ2) is 4.08. The van der Waals surface area contributed by atoms with Gasteiger partial charge in [0.25, 0.3) is 5.91 Å². The molecule has 0 unspecified atom stereocenters. The van der Waals surface area contributed by atoms with E-state index in [2.05, 4.69) is 15.8 Å². The molecule has 0 spiro atoms. The first-order valence-corrected chi connectivity index (χ1v) is 4.74. The molecule has 7 heteroatoms. The van der Waals surface area contributed by atoms with E-state index in [-0.39, 0.29) is 12.5 Å². The van der Waals surface area contributed by atoms with Gasteiger partial charge in [0.05, 0.1) is 5.56 Å². The van der Waals surface area contributed by atoms with Crippen LogP contribution in [0, 0.1) is 0 Å². The minimum absolute atomic E-state index is 0.0383. The number of nitrogens with one attached hydrogen (secondary N) is 2. The molecule has 0 saturated carbocycles. The van der Waals surface area contributed by atoms with E-state index in [4.69, 9.17) is 0 Å². The van der Waals surface area contributed by atoms with E-state index >= 15 is 0 Å². The minimum atomic E-state index is -4.35. The average molecular weight is 243 g/mol. The standard InChI is InChI=1S/C10H8F3N3O/c11-10(12,13)7-3-1-6(2-4-7)9-14-5-8(17)15-16-9/h1-4H,5H2,(H,14,16)(H,15,17). The zero-order valence-corrected chi connectivity index (χ0v) is 8.51. The smallest absolute Gasteiger partial charge is 0.282 e. The third-order valence-electron chi connectivity index (χ3n) is 2.19. The van der Waals surface area contributed by atoms with E-state index in [1.54, 1.807) is 0 Å². The maximum Gasteiger partial charge on any atom is 0.416 e.